The molecule has 2 aliphatic rings. The third kappa shape index (κ3) is 3.16. The molecule has 1 fully saturated rings. The number of thiazole rings is 1. The molecule has 28 heavy (non-hydrogen) atoms. The summed E-state index contributed by atoms with van der Waals surface area (Å²) < 4.78 is 1.13. The van der Waals surface area contributed by atoms with E-state index in [9.17, 15) is 9.59 Å². The van der Waals surface area contributed by atoms with Gasteiger partial charge in [-0.15, -0.1) is 22.7 Å². The number of benzene rings is 1. The number of carbonyl (C=O) groups excluding carboxylic acids is 2. The van der Waals surface area contributed by atoms with E-state index in [0.717, 1.165) is 40.9 Å². The second-order valence-corrected chi connectivity index (χ2v) is 9.37. The molecule has 0 saturated carbocycles. The molecule has 3 aromatic rings. The summed E-state index contributed by atoms with van der Waals surface area (Å²) in [5.74, 6) is -0.247. The number of aromatic nitrogens is 1. The van der Waals surface area contributed by atoms with Gasteiger partial charge >= 0.3 is 6.03 Å². The monoisotopic (exact) mass is 412 g/mol. The van der Waals surface area contributed by atoms with Crippen LogP contribution in [0.3, 0.4) is 0 Å². The number of carbonyl (C=O) groups is 2. The summed E-state index contributed by atoms with van der Waals surface area (Å²) in [5.41, 5.74) is 7.41. The zero-order valence-corrected chi connectivity index (χ0v) is 16.9. The van der Waals surface area contributed by atoms with Crippen molar-refractivity contribution in [1.29, 1.82) is 0 Å². The Balaban J connectivity index is 1.25. The number of urea groups is 1. The van der Waals surface area contributed by atoms with Crippen LogP contribution >= 0.6 is 22.7 Å². The van der Waals surface area contributed by atoms with Crippen molar-refractivity contribution >= 4 is 44.8 Å². The van der Waals surface area contributed by atoms with Crippen LogP contribution in [0, 0.1) is 0 Å². The summed E-state index contributed by atoms with van der Waals surface area (Å²) in [4.78, 5) is 33.5. The molecule has 5 rings (SSSR count). The normalized spacial score (nSPS) is 18.4. The first-order valence-corrected chi connectivity index (χ1v) is 11.2. The third-order valence-corrected chi connectivity index (χ3v) is 7.74. The molecule has 0 spiro atoms. The maximum atomic E-state index is 12.7. The predicted octanol–water partition coefficient (Wildman–Crippen LogP) is 4.04. The highest BCUT2D eigenvalue weighted by atomic mass is 32.1. The summed E-state index contributed by atoms with van der Waals surface area (Å²) in [6.07, 6.45) is 5.08. The fourth-order valence-corrected chi connectivity index (χ4v) is 6.25. The number of para-hydroxylation sites is 1. The Labute approximate surface area is 170 Å². The van der Waals surface area contributed by atoms with Gasteiger partial charge in [0.2, 0.25) is 0 Å². The lowest BCUT2D eigenvalue weighted by Crippen LogP contribution is -2.48. The Hall–Kier alpha value is -2.45. The average Bonchev–Trinajstić information content (AvgIpc) is 3.47. The van der Waals surface area contributed by atoms with Crippen LogP contribution in [0.2, 0.25) is 0 Å². The molecule has 8 heteroatoms. The first-order chi connectivity index (χ1) is 13.7. The molecule has 0 unspecified atom stereocenters. The van der Waals surface area contributed by atoms with Gasteiger partial charge in [-0.1, -0.05) is 12.1 Å². The quantitative estimate of drug-likeness (QED) is 0.624. The van der Waals surface area contributed by atoms with Crippen LogP contribution in [0.4, 0.5) is 4.79 Å². The Morgan fingerprint density at radius 1 is 1.11 bits per heavy atom. The van der Waals surface area contributed by atoms with E-state index in [4.69, 9.17) is 4.98 Å². The van der Waals surface area contributed by atoms with E-state index in [-0.39, 0.29) is 18.0 Å². The average molecular weight is 413 g/mol. The van der Waals surface area contributed by atoms with E-state index in [0.29, 0.717) is 11.4 Å². The number of aryl methyl sites for hydroxylation is 2. The van der Waals surface area contributed by atoms with Gasteiger partial charge in [-0.2, -0.15) is 0 Å². The van der Waals surface area contributed by atoms with Crippen LogP contribution in [0.15, 0.2) is 30.3 Å². The number of likely N-dealkylation sites (tertiary alicyclic amines) is 1. The molecule has 1 aromatic carbocycles. The summed E-state index contributed by atoms with van der Waals surface area (Å²) >= 11 is 3.16. The van der Waals surface area contributed by atoms with Crippen LogP contribution in [0.5, 0.6) is 0 Å². The largest absolute Gasteiger partial charge is 0.336 e. The van der Waals surface area contributed by atoms with Crippen molar-refractivity contribution in [3.05, 3.63) is 50.7 Å². The van der Waals surface area contributed by atoms with Crippen molar-refractivity contribution in [3.8, 4) is 0 Å². The van der Waals surface area contributed by atoms with Crippen LogP contribution in [-0.2, 0) is 12.8 Å². The standard InChI is InChI=1S/C20H20N4O2S2/c25-18(17-11-12-5-3-9-15(12)27-17)22-23-20(26)24-10-4-7-14(24)19-21-13-6-1-2-8-16(13)28-19/h1-2,6,8,11,14H,3-5,7,9-10H2,(H,22,25)(H,23,26)/t14-/m0/s1. The molecular weight excluding hydrogens is 392 g/mol. The van der Waals surface area contributed by atoms with E-state index in [1.165, 1.54) is 28.2 Å². The SMILES string of the molecule is O=C(NNC(=O)N1CCC[C@H]1c1nc2ccccc2s1)c1cc2c(s1)CCC2. The minimum absolute atomic E-state index is 0.0418. The van der Waals surface area contributed by atoms with Gasteiger partial charge in [-0.05, 0) is 55.9 Å². The van der Waals surface area contributed by atoms with Crippen molar-refractivity contribution in [3.63, 3.8) is 0 Å². The van der Waals surface area contributed by atoms with Gasteiger partial charge in [-0.3, -0.25) is 10.2 Å². The molecule has 1 saturated heterocycles. The summed E-state index contributed by atoms with van der Waals surface area (Å²) in [7, 11) is 0. The van der Waals surface area contributed by atoms with Crippen molar-refractivity contribution in [2.24, 2.45) is 0 Å². The lowest BCUT2D eigenvalue weighted by atomic mass is 10.2. The molecule has 144 valence electrons. The highest BCUT2D eigenvalue weighted by Gasteiger charge is 2.32. The highest BCUT2D eigenvalue weighted by Crippen LogP contribution is 2.36. The van der Waals surface area contributed by atoms with Crippen LogP contribution in [0.25, 0.3) is 10.2 Å². The lowest BCUT2D eigenvalue weighted by molar-refractivity contribution is 0.0933. The minimum atomic E-state index is -0.279. The molecule has 1 aliphatic heterocycles. The number of fused-ring (bicyclic) bond motifs is 2. The van der Waals surface area contributed by atoms with Gasteiger partial charge in [0, 0.05) is 11.4 Å². The number of hydrogen-bond acceptors (Lipinski definition) is 5. The van der Waals surface area contributed by atoms with Crippen molar-refractivity contribution in [1.82, 2.24) is 20.7 Å². The Morgan fingerprint density at radius 3 is 2.86 bits per heavy atom. The zero-order valence-electron chi connectivity index (χ0n) is 15.2. The Bertz CT molecular complexity index is 1000. The van der Waals surface area contributed by atoms with Crippen LogP contribution in [-0.4, -0.2) is 28.4 Å². The summed E-state index contributed by atoms with van der Waals surface area (Å²) in [6.45, 7) is 0.662. The maximum Gasteiger partial charge on any atom is 0.336 e. The molecule has 2 N–H and O–H groups in total. The molecule has 0 radical (unpaired) electrons. The second-order valence-electron chi connectivity index (χ2n) is 7.17. The van der Waals surface area contributed by atoms with E-state index in [2.05, 4.69) is 16.9 Å². The van der Waals surface area contributed by atoms with Gasteiger partial charge in [0.1, 0.15) is 5.01 Å². The number of amides is 3. The van der Waals surface area contributed by atoms with Crippen LogP contribution < -0.4 is 10.9 Å². The first-order valence-electron chi connectivity index (χ1n) is 9.53. The Morgan fingerprint density at radius 2 is 2.00 bits per heavy atom. The van der Waals surface area contributed by atoms with Gasteiger partial charge in [0.15, 0.2) is 0 Å². The molecule has 1 atom stereocenters. The van der Waals surface area contributed by atoms with Crippen LogP contribution in [0.1, 0.15) is 50.4 Å². The van der Waals surface area contributed by atoms with E-state index < -0.39 is 0 Å². The molecule has 3 heterocycles. The summed E-state index contributed by atoms with van der Waals surface area (Å²) in [5, 5.41) is 0.954. The molecular formula is C20H20N4O2S2. The smallest absolute Gasteiger partial charge is 0.314 e. The molecule has 6 nitrogen and oxygen atoms in total. The maximum absolute atomic E-state index is 12.7. The topological polar surface area (TPSA) is 74.3 Å². The van der Waals surface area contributed by atoms with Gasteiger partial charge in [0.25, 0.3) is 5.91 Å². The number of nitrogens with one attached hydrogen (secondary N) is 2. The predicted molar refractivity (Wildman–Crippen MR) is 111 cm³/mol. The minimum Gasteiger partial charge on any atom is -0.314 e. The van der Waals surface area contributed by atoms with Crippen molar-refractivity contribution < 1.29 is 9.59 Å². The molecule has 1 aliphatic carbocycles. The van der Waals surface area contributed by atoms with Crippen molar-refractivity contribution in [2.45, 2.75) is 38.1 Å². The van der Waals surface area contributed by atoms with E-state index >= 15 is 0 Å². The highest BCUT2D eigenvalue weighted by molar-refractivity contribution is 7.18. The lowest BCUT2D eigenvalue weighted by Gasteiger charge is -2.23. The van der Waals surface area contributed by atoms with E-state index in [1.54, 1.807) is 16.2 Å². The number of rotatable bonds is 2. The van der Waals surface area contributed by atoms with Gasteiger partial charge in [-0.25, -0.2) is 15.2 Å². The number of hydrogen-bond donors (Lipinski definition) is 2. The van der Waals surface area contributed by atoms with Crippen molar-refractivity contribution in [2.75, 3.05) is 6.54 Å². The molecule has 3 amide bonds. The Kier molecular flexibility index (Phi) is 4.52. The van der Waals surface area contributed by atoms with Gasteiger partial charge in [0.05, 0.1) is 21.1 Å². The van der Waals surface area contributed by atoms with E-state index in [1.807, 2.05) is 24.3 Å². The fraction of sp³-hybridized carbons (Fsp3) is 0.350. The number of hydrazine groups is 1. The number of thiophene rings is 1. The fourth-order valence-electron chi connectivity index (χ4n) is 3.98. The molecule has 2 aromatic heterocycles. The third-order valence-electron chi connectivity index (χ3n) is 5.36. The summed E-state index contributed by atoms with van der Waals surface area (Å²) in [6, 6.07) is 9.65. The second kappa shape index (κ2) is 7.18. The van der Waals surface area contributed by atoms with Gasteiger partial charge < -0.3 is 4.90 Å². The number of nitrogens with zero attached hydrogens (tertiary/aromatic N) is 2. The first kappa shape index (κ1) is 17.6. The zero-order chi connectivity index (χ0) is 19.1. The molecule has 0 bridgehead atoms.